The molecule has 0 aliphatic carbocycles. The highest BCUT2D eigenvalue weighted by molar-refractivity contribution is 6.91. The number of amides is 1. The summed E-state index contributed by atoms with van der Waals surface area (Å²) in [7, 11) is -2.03. The fourth-order valence-corrected chi connectivity index (χ4v) is 14.3. The number of benzene rings is 1. The molecule has 1 radical (unpaired) electrons. The molecule has 0 saturated carbocycles. The second kappa shape index (κ2) is 10.7. The molecule has 0 atom stereocenters. The molecule has 1 aromatic rings. The maximum Gasteiger partial charge on any atom is 0.226 e. The van der Waals surface area contributed by atoms with E-state index in [-0.39, 0.29) is 12.6 Å². The molecule has 0 fully saturated rings. The smallest absolute Gasteiger partial charge is 0.226 e. The fourth-order valence-electron chi connectivity index (χ4n) is 3.18. The van der Waals surface area contributed by atoms with Crippen LogP contribution in [-0.2, 0) is 8.91 Å². The Morgan fingerprint density at radius 2 is 1.81 bits per heavy atom. The highest BCUT2D eigenvalue weighted by Gasteiger charge is 2.30. The molecule has 0 aliphatic rings. The zero-order chi connectivity index (χ0) is 20.7. The largest absolute Gasteiger partial charge is 0.456 e. The fraction of sp³-hybridized carbons (Fsp3) is 0.650. The van der Waals surface area contributed by atoms with Gasteiger partial charge >= 0.3 is 0 Å². The van der Waals surface area contributed by atoms with Gasteiger partial charge in [0.15, 0.2) is 17.4 Å². The topological polar surface area (TPSA) is 29.5 Å². The Labute approximate surface area is 169 Å². The first-order valence-corrected chi connectivity index (χ1v) is 18.6. The molecule has 0 spiro atoms. The van der Waals surface area contributed by atoms with E-state index in [1.165, 1.54) is 17.3 Å². The van der Waals surface area contributed by atoms with Gasteiger partial charge in [-0.2, -0.15) is 0 Å². The lowest BCUT2D eigenvalue weighted by Gasteiger charge is -2.31. The molecule has 0 aliphatic heterocycles. The molecule has 1 aromatic carbocycles. The van der Waals surface area contributed by atoms with Gasteiger partial charge in [-0.05, 0) is 57.2 Å². The highest BCUT2D eigenvalue weighted by Crippen LogP contribution is 2.23. The van der Waals surface area contributed by atoms with Gasteiger partial charge in [0.2, 0.25) is 5.91 Å². The summed E-state index contributed by atoms with van der Waals surface area (Å²) in [6.07, 6.45) is 1.47. The SMILES string of the molecule is CN(C(=O)CCCCF)c1cccc([Si](C)(C)CC[Si](C)(C)O[Si](C)C)c1. The van der Waals surface area contributed by atoms with Crippen molar-refractivity contribution in [2.24, 2.45) is 0 Å². The number of alkyl halides is 1. The summed E-state index contributed by atoms with van der Waals surface area (Å²) in [5.41, 5.74) is 0.943. The van der Waals surface area contributed by atoms with Crippen LogP contribution in [0, 0.1) is 0 Å². The molecule has 0 N–H and O–H groups in total. The van der Waals surface area contributed by atoms with Crippen molar-refractivity contribution in [2.75, 3.05) is 18.6 Å². The number of nitrogens with zero attached hydrogens (tertiary/aromatic N) is 1. The standard InChI is InChI=1S/C20H37FNO2Si3/c1-22(20(23)13-8-9-14-21)18-11-10-12-19(17-18)26(4,5)15-16-27(6,7)24-25(2)3/h10-12,17H,8-9,13-16H2,1-7H3. The van der Waals surface area contributed by atoms with Gasteiger partial charge in [-0.25, -0.2) is 0 Å². The van der Waals surface area contributed by atoms with Gasteiger partial charge in [0.1, 0.15) is 0 Å². The molecule has 1 rings (SSSR count). The number of rotatable bonds is 11. The Hall–Kier alpha value is -0.769. The lowest BCUT2D eigenvalue weighted by atomic mass is 10.2. The molecule has 27 heavy (non-hydrogen) atoms. The third-order valence-electron chi connectivity index (χ3n) is 5.00. The van der Waals surface area contributed by atoms with Crippen LogP contribution in [0.1, 0.15) is 19.3 Å². The van der Waals surface area contributed by atoms with Gasteiger partial charge < -0.3 is 9.02 Å². The Balaban J connectivity index is 2.82. The number of halogens is 1. The lowest BCUT2D eigenvalue weighted by Crippen LogP contribution is -2.45. The van der Waals surface area contributed by atoms with E-state index < -0.39 is 25.4 Å². The molecule has 0 aromatic heterocycles. The van der Waals surface area contributed by atoms with Crippen LogP contribution in [0.25, 0.3) is 0 Å². The van der Waals surface area contributed by atoms with Crippen molar-refractivity contribution in [3.05, 3.63) is 24.3 Å². The molecular weight excluding hydrogens is 389 g/mol. The van der Waals surface area contributed by atoms with Crippen LogP contribution in [0.4, 0.5) is 10.1 Å². The molecule has 0 unspecified atom stereocenters. The van der Waals surface area contributed by atoms with Crippen molar-refractivity contribution in [2.45, 2.75) is 70.6 Å². The minimum atomic E-state index is -1.60. The van der Waals surface area contributed by atoms with Crippen LogP contribution < -0.4 is 10.1 Å². The first-order valence-electron chi connectivity index (χ1n) is 9.91. The second-order valence-electron chi connectivity index (χ2n) is 8.80. The molecular formula is C20H37FNO2Si3. The molecule has 1 amide bonds. The maximum absolute atomic E-state index is 12.3. The first-order chi connectivity index (χ1) is 12.5. The highest BCUT2D eigenvalue weighted by atomic mass is 28.4. The van der Waals surface area contributed by atoms with E-state index in [9.17, 15) is 9.18 Å². The van der Waals surface area contributed by atoms with E-state index in [2.05, 4.69) is 57.5 Å². The summed E-state index contributed by atoms with van der Waals surface area (Å²) in [6.45, 7) is 13.5. The van der Waals surface area contributed by atoms with Gasteiger partial charge in [0.05, 0.1) is 14.7 Å². The average molecular weight is 427 g/mol. The summed E-state index contributed by atoms with van der Waals surface area (Å²) in [6, 6.07) is 10.8. The van der Waals surface area contributed by atoms with Crippen molar-refractivity contribution in [1.82, 2.24) is 0 Å². The molecule has 0 bridgehead atoms. The van der Waals surface area contributed by atoms with Crippen LogP contribution in [0.2, 0.25) is 51.4 Å². The summed E-state index contributed by atoms with van der Waals surface area (Å²) in [4.78, 5) is 14.1. The van der Waals surface area contributed by atoms with E-state index in [0.717, 1.165) is 5.69 Å². The summed E-state index contributed by atoms with van der Waals surface area (Å²) < 4.78 is 18.5. The number of hydrogen-bond acceptors (Lipinski definition) is 2. The summed E-state index contributed by atoms with van der Waals surface area (Å²) >= 11 is 0. The zero-order valence-electron chi connectivity index (χ0n) is 18.2. The van der Waals surface area contributed by atoms with Crippen molar-refractivity contribution in [3.63, 3.8) is 0 Å². The van der Waals surface area contributed by atoms with E-state index in [0.29, 0.717) is 19.3 Å². The van der Waals surface area contributed by atoms with Gasteiger partial charge in [-0.1, -0.05) is 36.5 Å². The Kier molecular flexibility index (Phi) is 9.61. The number of hydrogen-bond donors (Lipinski definition) is 0. The molecule has 7 heteroatoms. The lowest BCUT2D eigenvalue weighted by molar-refractivity contribution is -0.118. The van der Waals surface area contributed by atoms with Crippen LogP contribution in [0.15, 0.2) is 24.3 Å². The number of carbonyl (C=O) groups excluding carboxylic acids is 1. The normalized spacial score (nSPS) is 12.5. The summed E-state index contributed by atoms with van der Waals surface area (Å²) in [5, 5.41) is 1.38. The monoisotopic (exact) mass is 426 g/mol. The molecule has 3 nitrogen and oxygen atoms in total. The van der Waals surface area contributed by atoms with Crippen LogP contribution in [0.3, 0.4) is 0 Å². The number of carbonyl (C=O) groups is 1. The Morgan fingerprint density at radius 1 is 1.15 bits per heavy atom. The van der Waals surface area contributed by atoms with Crippen molar-refractivity contribution >= 4 is 42.2 Å². The van der Waals surface area contributed by atoms with Gasteiger partial charge in [-0.3, -0.25) is 9.18 Å². The quantitative estimate of drug-likeness (QED) is 0.360. The van der Waals surface area contributed by atoms with E-state index >= 15 is 0 Å². The van der Waals surface area contributed by atoms with E-state index in [4.69, 9.17) is 4.12 Å². The molecule has 153 valence electrons. The molecule has 0 saturated heterocycles. The van der Waals surface area contributed by atoms with Crippen molar-refractivity contribution in [3.8, 4) is 0 Å². The van der Waals surface area contributed by atoms with Gasteiger partial charge in [0, 0.05) is 19.2 Å². The third-order valence-corrected chi connectivity index (χ3v) is 14.2. The number of anilines is 1. The minimum Gasteiger partial charge on any atom is -0.456 e. The van der Waals surface area contributed by atoms with Crippen molar-refractivity contribution in [1.29, 1.82) is 0 Å². The van der Waals surface area contributed by atoms with Crippen LogP contribution >= 0.6 is 0 Å². The van der Waals surface area contributed by atoms with Crippen LogP contribution in [0.5, 0.6) is 0 Å². The van der Waals surface area contributed by atoms with Crippen molar-refractivity contribution < 1.29 is 13.3 Å². The summed E-state index contributed by atoms with van der Waals surface area (Å²) in [5.74, 6) is 0.0579. The van der Waals surface area contributed by atoms with E-state index in [1.54, 1.807) is 4.90 Å². The predicted octanol–water partition coefficient (Wildman–Crippen LogP) is 5.18. The molecule has 0 heterocycles. The number of unbranched alkanes of at least 4 members (excludes halogenated alkanes) is 1. The van der Waals surface area contributed by atoms with Gasteiger partial charge in [0.25, 0.3) is 0 Å². The Bertz CT molecular complexity index is 609. The second-order valence-corrected chi connectivity index (χ2v) is 20.3. The zero-order valence-corrected chi connectivity index (χ0v) is 21.2. The first kappa shape index (κ1) is 24.3. The average Bonchev–Trinajstić information content (AvgIpc) is 2.59. The van der Waals surface area contributed by atoms with E-state index in [1.807, 2.05) is 13.1 Å². The Morgan fingerprint density at radius 3 is 2.41 bits per heavy atom. The predicted molar refractivity (Wildman–Crippen MR) is 122 cm³/mol. The van der Waals surface area contributed by atoms with Crippen LogP contribution in [-0.4, -0.2) is 45.1 Å². The maximum atomic E-state index is 12.3. The van der Waals surface area contributed by atoms with Gasteiger partial charge in [-0.15, -0.1) is 0 Å². The third kappa shape index (κ3) is 8.41. The minimum absolute atomic E-state index is 0.0579.